The molecule has 0 saturated carbocycles. The Bertz CT molecular complexity index is 565. The summed E-state index contributed by atoms with van der Waals surface area (Å²) in [5.41, 5.74) is 1.19. The number of hydrogen-bond acceptors (Lipinski definition) is 4. The highest BCUT2D eigenvalue weighted by atomic mass is 28.4. The molecule has 0 radical (unpaired) electrons. The molecule has 0 N–H and O–H groups in total. The van der Waals surface area contributed by atoms with Crippen molar-refractivity contribution in [3.05, 3.63) is 53.4 Å². The highest BCUT2D eigenvalue weighted by molar-refractivity contribution is 6.76. The van der Waals surface area contributed by atoms with Crippen LogP contribution in [-0.4, -0.2) is 55.8 Å². The van der Waals surface area contributed by atoms with Gasteiger partial charge in [-0.05, 0) is 29.1 Å². The fourth-order valence-electron chi connectivity index (χ4n) is 2.71. The first-order chi connectivity index (χ1) is 11.2. The van der Waals surface area contributed by atoms with Crippen molar-refractivity contribution in [1.82, 2.24) is 0 Å². The summed E-state index contributed by atoms with van der Waals surface area (Å²) in [6.07, 6.45) is 0. The SMILES string of the molecule is C=C(C(C(=C)[Si](C)(OC)OC)c1ccccc1[SiH3])[Si](C)(OC)OC. The van der Waals surface area contributed by atoms with Crippen molar-refractivity contribution < 1.29 is 17.7 Å². The molecule has 0 heterocycles. The van der Waals surface area contributed by atoms with Crippen LogP contribution in [0.1, 0.15) is 11.5 Å². The fourth-order valence-corrected chi connectivity index (χ4v) is 6.59. The zero-order valence-corrected chi connectivity index (χ0v) is 19.9. The van der Waals surface area contributed by atoms with Crippen LogP contribution in [0.3, 0.4) is 0 Å². The maximum Gasteiger partial charge on any atom is 0.364 e. The highest BCUT2D eigenvalue weighted by Crippen LogP contribution is 2.39. The molecule has 0 unspecified atom stereocenters. The monoisotopic (exact) mass is 382 g/mol. The zero-order valence-electron chi connectivity index (χ0n) is 15.9. The molecule has 0 aliphatic rings. The van der Waals surface area contributed by atoms with E-state index in [1.807, 2.05) is 19.2 Å². The molecule has 0 saturated heterocycles. The van der Waals surface area contributed by atoms with Gasteiger partial charge in [-0.3, -0.25) is 0 Å². The van der Waals surface area contributed by atoms with Gasteiger partial charge in [-0.1, -0.05) is 42.6 Å². The molecule has 0 aliphatic heterocycles. The van der Waals surface area contributed by atoms with Gasteiger partial charge in [-0.25, -0.2) is 0 Å². The Labute approximate surface area is 151 Å². The van der Waals surface area contributed by atoms with E-state index < -0.39 is 17.1 Å². The molecule has 4 nitrogen and oxygen atoms in total. The summed E-state index contributed by atoms with van der Waals surface area (Å²) >= 11 is 0. The first-order valence-electron chi connectivity index (χ1n) is 7.85. The van der Waals surface area contributed by atoms with Crippen molar-refractivity contribution in [2.75, 3.05) is 28.4 Å². The van der Waals surface area contributed by atoms with Crippen LogP contribution < -0.4 is 5.19 Å². The molecule has 134 valence electrons. The Kier molecular flexibility index (Phi) is 7.54. The van der Waals surface area contributed by atoms with E-state index in [2.05, 4.69) is 31.4 Å². The zero-order chi connectivity index (χ0) is 18.5. The van der Waals surface area contributed by atoms with E-state index in [0.717, 1.165) is 20.6 Å². The predicted octanol–water partition coefficient (Wildman–Crippen LogP) is 1.68. The lowest BCUT2D eigenvalue weighted by atomic mass is 9.98. The maximum absolute atomic E-state index is 5.74. The minimum Gasteiger partial charge on any atom is -0.395 e. The summed E-state index contributed by atoms with van der Waals surface area (Å²) in [6.45, 7) is 12.7. The second-order valence-corrected chi connectivity index (χ2v) is 13.8. The summed E-state index contributed by atoms with van der Waals surface area (Å²) < 4.78 is 23.0. The molecule has 1 rings (SSSR count). The Morgan fingerprint density at radius 1 is 0.875 bits per heavy atom. The number of benzene rings is 1. The lowest BCUT2D eigenvalue weighted by Crippen LogP contribution is -2.47. The molecule has 0 aromatic heterocycles. The first kappa shape index (κ1) is 21.2. The third kappa shape index (κ3) is 4.05. The molecule has 24 heavy (non-hydrogen) atoms. The van der Waals surface area contributed by atoms with E-state index in [1.165, 1.54) is 10.8 Å². The predicted molar refractivity (Wildman–Crippen MR) is 108 cm³/mol. The smallest absolute Gasteiger partial charge is 0.364 e. The van der Waals surface area contributed by atoms with Gasteiger partial charge in [0.15, 0.2) is 0 Å². The number of rotatable bonds is 9. The van der Waals surface area contributed by atoms with Gasteiger partial charge in [0.1, 0.15) is 0 Å². The Morgan fingerprint density at radius 3 is 1.58 bits per heavy atom. The molecule has 0 atom stereocenters. The summed E-state index contributed by atoms with van der Waals surface area (Å²) in [5.74, 6) is -0.105. The van der Waals surface area contributed by atoms with Crippen molar-refractivity contribution in [3.63, 3.8) is 0 Å². The Balaban J connectivity index is 3.52. The van der Waals surface area contributed by atoms with Crippen LogP contribution in [0.4, 0.5) is 0 Å². The van der Waals surface area contributed by atoms with Crippen LogP contribution in [0.25, 0.3) is 0 Å². The molecule has 0 amide bonds. The van der Waals surface area contributed by atoms with Gasteiger partial charge >= 0.3 is 17.1 Å². The molecule has 0 fully saturated rings. The van der Waals surface area contributed by atoms with Gasteiger partial charge in [0, 0.05) is 44.6 Å². The Morgan fingerprint density at radius 2 is 1.25 bits per heavy atom. The quantitative estimate of drug-likeness (QED) is 0.609. The standard InChI is InChI=1S/C17H30O4Si3/c1-13(23(7,18-3)19-4)17(14(2)24(8,20-5)21-6)15-11-9-10-12-16(15)22/h9-12,17H,1-2H2,3-8,22H3. The van der Waals surface area contributed by atoms with E-state index in [9.17, 15) is 0 Å². The van der Waals surface area contributed by atoms with Gasteiger partial charge in [0.05, 0.1) is 0 Å². The first-order valence-corrected chi connectivity index (χ1v) is 13.5. The molecular formula is C17H30O4Si3. The minimum absolute atomic E-state index is 0.105. The molecule has 1 aromatic rings. The summed E-state index contributed by atoms with van der Waals surface area (Å²) in [5, 5.41) is 3.15. The van der Waals surface area contributed by atoms with Crippen molar-refractivity contribution in [3.8, 4) is 0 Å². The molecule has 0 aliphatic carbocycles. The van der Waals surface area contributed by atoms with Crippen LogP contribution in [-0.2, 0) is 17.7 Å². The normalized spacial score (nSPS) is 12.6. The Hall–Kier alpha value is -0.809. The fraction of sp³-hybridized carbons (Fsp3) is 0.412. The van der Waals surface area contributed by atoms with Crippen LogP contribution in [0, 0.1) is 0 Å². The van der Waals surface area contributed by atoms with Crippen molar-refractivity contribution in [2.45, 2.75) is 19.0 Å². The summed E-state index contributed by atoms with van der Waals surface area (Å²) in [4.78, 5) is 0. The summed E-state index contributed by atoms with van der Waals surface area (Å²) in [6, 6.07) is 8.37. The lowest BCUT2D eigenvalue weighted by molar-refractivity contribution is 0.253. The largest absolute Gasteiger partial charge is 0.395 e. The molecule has 1 aromatic carbocycles. The molecule has 7 heteroatoms. The third-order valence-corrected chi connectivity index (χ3v) is 11.9. The minimum atomic E-state index is -2.57. The molecule has 0 spiro atoms. The van der Waals surface area contributed by atoms with Crippen LogP contribution in [0.2, 0.25) is 13.1 Å². The van der Waals surface area contributed by atoms with Gasteiger partial charge < -0.3 is 17.7 Å². The maximum atomic E-state index is 5.74. The van der Waals surface area contributed by atoms with E-state index in [4.69, 9.17) is 17.7 Å². The van der Waals surface area contributed by atoms with Crippen molar-refractivity contribution >= 4 is 32.6 Å². The third-order valence-electron chi connectivity index (χ3n) is 4.92. The van der Waals surface area contributed by atoms with Crippen LogP contribution >= 0.6 is 0 Å². The van der Waals surface area contributed by atoms with Crippen molar-refractivity contribution in [1.29, 1.82) is 0 Å². The topological polar surface area (TPSA) is 36.9 Å². The molecule has 0 bridgehead atoms. The number of allylic oxidation sites excluding steroid dienone is 2. The van der Waals surface area contributed by atoms with E-state index >= 15 is 0 Å². The number of hydrogen-bond donors (Lipinski definition) is 0. The van der Waals surface area contributed by atoms with Crippen molar-refractivity contribution in [2.24, 2.45) is 0 Å². The van der Waals surface area contributed by atoms with Gasteiger partial charge in [-0.2, -0.15) is 0 Å². The molecular weight excluding hydrogens is 352 g/mol. The highest BCUT2D eigenvalue weighted by Gasteiger charge is 2.45. The second-order valence-electron chi connectivity index (χ2n) is 6.05. The van der Waals surface area contributed by atoms with Gasteiger partial charge in [0.2, 0.25) is 0 Å². The van der Waals surface area contributed by atoms with Crippen LogP contribution in [0.15, 0.2) is 47.8 Å². The van der Waals surface area contributed by atoms with E-state index in [0.29, 0.717) is 0 Å². The lowest BCUT2D eigenvalue weighted by Gasteiger charge is -2.37. The average molecular weight is 383 g/mol. The average Bonchev–Trinajstić information content (AvgIpc) is 2.61. The summed E-state index contributed by atoms with van der Waals surface area (Å²) in [7, 11) is 2.51. The van der Waals surface area contributed by atoms with Gasteiger partial charge in [0.25, 0.3) is 0 Å². The van der Waals surface area contributed by atoms with E-state index in [1.54, 1.807) is 28.4 Å². The van der Waals surface area contributed by atoms with E-state index in [-0.39, 0.29) is 5.92 Å². The second kappa shape index (κ2) is 8.52. The van der Waals surface area contributed by atoms with Crippen LogP contribution in [0.5, 0.6) is 0 Å². The van der Waals surface area contributed by atoms with Gasteiger partial charge in [-0.15, -0.1) is 0 Å².